The number of nitrogens with one attached hydrogen (secondary N) is 1. The topological polar surface area (TPSA) is 86.6 Å². The van der Waals surface area contributed by atoms with Crippen LogP contribution in [0.5, 0.6) is 5.75 Å². The fraction of sp³-hybridized carbons (Fsp3) is 0.103. The Morgan fingerprint density at radius 1 is 0.971 bits per heavy atom. The Balaban J connectivity index is 2.46. The maximum absolute atomic E-state index is 12.5. The van der Waals surface area contributed by atoms with Crippen molar-refractivity contribution in [3.8, 4) is 5.75 Å². The van der Waals surface area contributed by atoms with E-state index in [0.717, 1.165) is 16.7 Å². The molecule has 174 valence electrons. The normalized spacial score (nSPS) is 14.4. The molecule has 3 N–H and O–H groups in total. The molecule has 1 unspecified atom stereocenters. The molecule has 0 spiro atoms. The summed E-state index contributed by atoms with van der Waals surface area (Å²) >= 11 is 0. The number of benzene rings is 2. The van der Waals surface area contributed by atoms with Gasteiger partial charge < -0.3 is 15.5 Å². The fourth-order valence-electron chi connectivity index (χ4n) is 3.54. The van der Waals surface area contributed by atoms with E-state index in [2.05, 4.69) is 18.5 Å². The lowest BCUT2D eigenvalue weighted by Gasteiger charge is -2.33. The quantitative estimate of drug-likeness (QED) is 0.230. The van der Waals surface area contributed by atoms with Crippen molar-refractivity contribution in [3.63, 3.8) is 0 Å². The molecule has 1 atom stereocenters. The lowest BCUT2D eigenvalue weighted by Crippen LogP contribution is -2.26. The summed E-state index contributed by atoms with van der Waals surface area (Å²) in [6, 6.07) is 13.4. The van der Waals surface area contributed by atoms with Crippen LogP contribution in [0.15, 0.2) is 121 Å². The van der Waals surface area contributed by atoms with Gasteiger partial charge in [0.1, 0.15) is 5.75 Å². The standard InChI is InChI=1S/C29H29NO4/c1-5-23(11-9-19-30-28(34)27-12-8-7-10-22(27)20-31)29(4,24(6-2)14-13-21(3)32)25-15-17-26(33)18-16-25/h5-20,32-33H,1-2H2,3-4H3,(H,30,34)/b19-9+,21-13+,23-11+,24-14+. The number of allylic oxidation sites excluding steroid dienone is 9. The van der Waals surface area contributed by atoms with Crippen LogP contribution in [0.1, 0.15) is 40.1 Å². The number of aliphatic hydroxyl groups excluding tert-OH is 1. The van der Waals surface area contributed by atoms with Gasteiger partial charge in [0.15, 0.2) is 6.29 Å². The second kappa shape index (κ2) is 12.0. The van der Waals surface area contributed by atoms with Crippen molar-refractivity contribution < 1.29 is 19.8 Å². The lowest BCUT2D eigenvalue weighted by molar-refractivity contribution is 0.0964. The number of carbonyl (C=O) groups excluding carboxylic acids is 2. The summed E-state index contributed by atoms with van der Waals surface area (Å²) in [6.07, 6.45) is 12.4. The third kappa shape index (κ3) is 6.11. The Kier molecular flexibility index (Phi) is 9.15. The highest BCUT2D eigenvalue weighted by atomic mass is 16.3. The second-order valence-corrected chi connectivity index (χ2v) is 7.67. The van der Waals surface area contributed by atoms with Gasteiger partial charge in [-0.2, -0.15) is 0 Å². The first-order chi connectivity index (χ1) is 16.3. The summed E-state index contributed by atoms with van der Waals surface area (Å²) < 4.78 is 0. The number of rotatable bonds is 10. The Bertz CT molecular complexity index is 1180. The van der Waals surface area contributed by atoms with Crippen molar-refractivity contribution in [2.24, 2.45) is 0 Å². The highest BCUT2D eigenvalue weighted by Crippen LogP contribution is 2.41. The van der Waals surface area contributed by atoms with Gasteiger partial charge in [0.05, 0.1) is 11.3 Å². The molecule has 5 heteroatoms. The highest BCUT2D eigenvalue weighted by molar-refractivity contribution is 6.01. The van der Waals surface area contributed by atoms with Crippen LogP contribution in [0, 0.1) is 0 Å². The molecule has 0 aliphatic rings. The molecule has 0 aromatic heterocycles. The van der Waals surface area contributed by atoms with Gasteiger partial charge in [-0.15, -0.1) is 0 Å². The van der Waals surface area contributed by atoms with Crippen LogP contribution in [0.2, 0.25) is 0 Å². The first-order valence-corrected chi connectivity index (χ1v) is 10.6. The Labute approximate surface area is 200 Å². The molecule has 1 amide bonds. The van der Waals surface area contributed by atoms with Crippen LogP contribution in [0.3, 0.4) is 0 Å². The van der Waals surface area contributed by atoms with Crippen molar-refractivity contribution in [2.75, 3.05) is 0 Å². The number of hydrogen-bond acceptors (Lipinski definition) is 4. The van der Waals surface area contributed by atoms with Gasteiger partial charge in [-0.25, -0.2) is 0 Å². The first-order valence-electron chi connectivity index (χ1n) is 10.6. The predicted molar refractivity (Wildman–Crippen MR) is 137 cm³/mol. The third-order valence-corrected chi connectivity index (χ3v) is 5.46. The zero-order valence-corrected chi connectivity index (χ0v) is 19.4. The van der Waals surface area contributed by atoms with E-state index >= 15 is 0 Å². The zero-order chi connectivity index (χ0) is 25.1. The molecule has 0 radical (unpaired) electrons. The smallest absolute Gasteiger partial charge is 0.255 e. The number of amides is 1. The molecule has 2 aromatic rings. The number of aldehydes is 1. The molecule has 0 saturated heterocycles. The monoisotopic (exact) mass is 455 g/mol. The van der Waals surface area contributed by atoms with Gasteiger partial charge in [0, 0.05) is 17.2 Å². The van der Waals surface area contributed by atoms with Gasteiger partial charge in [0.2, 0.25) is 0 Å². The average molecular weight is 456 g/mol. The third-order valence-electron chi connectivity index (χ3n) is 5.46. The summed E-state index contributed by atoms with van der Waals surface area (Å²) in [4.78, 5) is 23.6. The number of hydrogen-bond donors (Lipinski definition) is 3. The number of carbonyl (C=O) groups is 2. The molecule has 2 aromatic carbocycles. The van der Waals surface area contributed by atoms with Crippen molar-refractivity contribution in [3.05, 3.63) is 138 Å². The van der Waals surface area contributed by atoms with Crippen LogP contribution >= 0.6 is 0 Å². The zero-order valence-electron chi connectivity index (χ0n) is 19.4. The minimum atomic E-state index is -0.735. The van der Waals surface area contributed by atoms with E-state index < -0.39 is 11.3 Å². The Hall–Kier alpha value is -4.38. The maximum Gasteiger partial charge on any atom is 0.255 e. The minimum absolute atomic E-state index is 0.142. The SMILES string of the molecule is C=C/C(=C\C=C\NC(=O)c1ccccc1C=O)C(C)(/C(C=C)=C/C=C(\C)O)c1ccc(O)cc1. The molecule has 5 nitrogen and oxygen atoms in total. The van der Waals surface area contributed by atoms with E-state index in [9.17, 15) is 19.8 Å². The summed E-state index contributed by atoms with van der Waals surface area (Å²) in [5.74, 6) is -0.109. The summed E-state index contributed by atoms with van der Waals surface area (Å²) in [6.45, 7) is 11.5. The highest BCUT2D eigenvalue weighted by Gasteiger charge is 2.32. The minimum Gasteiger partial charge on any atom is -0.513 e. The molecular weight excluding hydrogens is 426 g/mol. The molecule has 0 saturated carbocycles. The summed E-state index contributed by atoms with van der Waals surface area (Å²) in [7, 11) is 0. The molecule has 34 heavy (non-hydrogen) atoms. The van der Waals surface area contributed by atoms with Crippen molar-refractivity contribution in [1.82, 2.24) is 5.32 Å². The van der Waals surface area contributed by atoms with Gasteiger partial charge in [-0.05, 0) is 60.9 Å². The molecule has 0 fully saturated rings. The van der Waals surface area contributed by atoms with Crippen molar-refractivity contribution >= 4 is 12.2 Å². The molecule has 2 rings (SSSR count). The Morgan fingerprint density at radius 2 is 1.59 bits per heavy atom. The summed E-state index contributed by atoms with van der Waals surface area (Å²) in [5.41, 5.74) is 2.29. The van der Waals surface area contributed by atoms with E-state index in [1.54, 1.807) is 91.9 Å². The van der Waals surface area contributed by atoms with E-state index in [-0.39, 0.29) is 17.1 Å². The van der Waals surface area contributed by atoms with Crippen LogP contribution in [0.25, 0.3) is 0 Å². The molecule has 0 bridgehead atoms. The van der Waals surface area contributed by atoms with Gasteiger partial charge in [-0.3, -0.25) is 9.59 Å². The van der Waals surface area contributed by atoms with Gasteiger partial charge in [0.25, 0.3) is 5.91 Å². The largest absolute Gasteiger partial charge is 0.513 e. The second-order valence-electron chi connectivity index (χ2n) is 7.67. The van der Waals surface area contributed by atoms with Crippen molar-refractivity contribution in [1.29, 1.82) is 0 Å². The van der Waals surface area contributed by atoms with Crippen LogP contribution in [-0.4, -0.2) is 22.4 Å². The number of phenolic OH excluding ortho intramolecular Hbond substituents is 1. The van der Waals surface area contributed by atoms with Crippen molar-refractivity contribution in [2.45, 2.75) is 19.3 Å². The predicted octanol–water partition coefficient (Wildman–Crippen LogP) is 6.09. The van der Waals surface area contributed by atoms with Crippen LogP contribution in [0.4, 0.5) is 0 Å². The van der Waals surface area contributed by atoms with E-state index in [1.165, 1.54) is 6.20 Å². The molecular formula is C29H29NO4. The van der Waals surface area contributed by atoms with E-state index in [4.69, 9.17) is 0 Å². The lowest BCUT2D eigenvalue weighted by atomic mass is 9.69. The average Bonchev–Trinajstić information content (AvgIpc) is 2.84. The Morgan fingerprint density at radius 3 is 2.18 bits per heavy atom. The molecule has 0 aliphatic carbocycles. The molecule has 0 aliphatic heterocycles. The summed E-state index contributed by atoms with van der Waals surface area (Å²) in [5, 5.41) is 22.1. The van der Waals surface area contributed by atoms with Gasteiger partial charge >= 0.3 is 0 Å². The number of phenols is 1. The van der Waals surface area contributed by atoms with E-state index in [0.29, 0.717) is 11.8 Å². The number of aliphatic hydroxyl groups is 1. The maximum atomic E-state index is 12.5. The van der Waals surface area contributed by atoms with Crippen LogP contribution in [-0.2, 0) is 5.41 Å². The fourth-order valence-corrected chi connectivity index (χ4v) is 3.54. The first kappa shape index (κ1) is 25.9. The molecule has 0 heterocycles. The van der Waals surface area contributed by atoms with Crippen LogP contribution < -0.4 is 5.32 Å². The van der Waals surface area contributed by atoms with Gasteiger partial charge in [-0.1, -0.05) is 67.8 Å². The van der Waals surface area contributed by atoms with E-state index in [1.807, 2.05) is 6.92 Å². The number of aromatic hydroxyl groups is 1.